The second-order valence-corrected chi connectivity index (χ2v) is 6.29. The Kier molecular flexibility index (Phi) is 6.93. The van der Waals surface area contributed by atoms with Crippen molar-refractivity contribution >= 4 is 23.5 Å². The molecule has 27 heavy (non-hydrogen) atoms. The first-order valence-electron chi connectivity index (χ1n) is 8.66. The van der Waals surface area contributed by atoms with E-state index >= 15 is 0 Å². The maximum atomic E-state index is 12.4. The largest absolute Gasteiger partial charge is 0.355 e. The molecule has 4 amide bonds. The van der Waals surface area contributed by atoms with Crippen LogP contribution >= 0.6 is 0 Å². The summed E-state index contributed by atoms with van der Waals surface area (Å²) in [5, 5.41) is 10.8. The molecule has 7 heteroatoms. The van der Waals surface area contributed by atoms with Crippen molar-refractivity contribution in [1.82, 2.24) is 16.0 Å². The Labute approximate surface area is 158 Å². The summed E-state index contributed by atoms with van der Waals surface area (Å²) in [5.41, 5.74) is 2.37. The zero-order chi connectivity index (χ0) is 19.8. The van der Waals surface area contributed by atoms with Crippen molar-refractivity contribution < 1.29 is 14.4 Å². The monoisotopic (exact) mass is 368 g/mol. The van der Waals surface area contributed by atoms with Crippen LogP contribution in [0.4, 0.5) is 10.5 Å². The highest BCUT2D eigenvalue weighted by Crippen LogP contribution is 2.13. The molecule has 0 bridgehead atoms. The van der Waals surface area contributed by atoms with Gasteiger partial charge < -0.3 is 21.3 Å². The molecule has 4 N–H and O–H groups in total. The van der Waals surface area contributed by atoms with Crippen molar-refractivity contribution in [3.8, 4) is 0 Å². The van der Waals surface area contributed by atoms with Gasteiger partial charge in [-0.15, -0.1) is 0 Å². The van der Waals surface area contributed by atoms with Gasteiger partial charge >= 0.3 is 6.03 Å². The number of carbonyl (C=O) groups excluding carboxylic acids is 3. The minimum atomic E-state index is -0.277. The molecule has 0 heterocycles. The van der Waals surface area contributed by atoms with Gasteiger partial charge in [0.15, 0.2) is 0 Å². The van der Waals surface area contributed by atoms with Crippen LogP contribution in [0.2, 0.25) is 0 Å². The molecule has 0 atom stereocenters. The molecule has 7 nitrogen and oxygen atoms in total. The molecule has 0 spiro atoms. The molecule has 2 aromatic carbocycles. The smallest absolute Gasteiger partial charge is 0.315 e. The Morgan fingerprint density at radius 2 is 1.63 bits per heavy atom. The lowest BCUT2D eigenvalue weighted by atomic mass is 10.1. The van der Waals surface area contributed by atoms with Crippen LogP contribution in [0, 0.1) is 0 Å². The third-order valence-electron chi connectivity index (χ3n) is 3.70. The standard InChI is InChI=1S/C20H24N4O3/c1-13(2)23-20(27)22-12-14-7-9-15(10-8-14)19(26)24-17-6-4-5-16(11-17)18(25)21-3/h4-11,13H,12H2,1-3H3,(H,21,25)(H,24,26)(H2,22,23,27). The van der Waals surface area contributed by atoms with Crippen molar-refractivity contribution in [2.45, 2.75) is 26.4 Å². The first-order valence-corrected chi connectivity index (χ1v) is 8.66. The van der Waals surface area contributed by atoms with E-state index in [1.165, 1.54) is 0 Å². The summed E-state index contributed by atoms with van der Waals surface area (Å²) in [6, 6.07) is 13.5. The van der Waals surface area contributed by atoms with Crippen molar-refractivity contribution in [3.05, 3.63) is 65.2 Å². The molecule has 0 radical (unpaired) electrons. The Hall–Kier alpha value is -3.35. The van der Waals surface area contributed by atoms with E-state index in [1.54, 1.807) is 55.6 Å². The van der Waals surface area contributed by atoms with Crippen LogP contribution in [-0.4, -0.2) is 30.9 Å². The van der Waals surface area contributed by atoms with Gasteiger partial charge in [-0.25, -0.2) is 4.79 Å². The topological polar surface area (TPSA) is 99.3 Å². The van der Waals surface area contributed by atoms with Gasteiger partial charge in [-0.1, -0.05) is 18.2 Å². The summed E-state index contributed by atoms with van der Waals surface area (Å²) < 4.78 is 0. The Morgan fingerprint density at radius 1 is 0.926 bits per heavy atom. The average Bonchev–Trinajstić information content (AvgIpc) is 2.65. The lowest BCUT2D eigenvalue weighted by Gasteiger charge is -2.10. The van der Waals surface area contributed by atoms with Crippen LogP contribution in [0.1, 0.15) is 40.1 Å². The third kappa shape index (κ3) is 6.14. The molecular formula is C20H24N4O3. The minimum Gasteiger partial charge on any atom is -0.355 e. The summed E-state index contributed by atoms with van der Waals surface area (Å²) in [5.74, 6) is -0.495. The number of carbonyl (C=O) groups is 3. The van der Waals surface area contributed by atoms with Crippen LogP contribution in [0.15, 0.2) is 48.5 Å². The van der Waals surface area contributed by atoms with E-state index in [2.05, 4.69) is 21.3 Å². The maximum Gasteiger partial charge on any atom is 0.315 e. The highest BCUT2D eigenvalue weighted by Gasteiger charge is 2.09. The number of amides is 4. The molecule has 0 unspecified atom stereocenters. The Balaban J connectivity index is 1.95. The molecule has 0 saturated carbocycles. The highest BCUT2D eigenvalue weighted by atomic mass is 16.2. The van der Waals surface area contributed by atoms with E-state index in [0.717, 1.165) is 5.56 Å². The number of rotatable bonds is 6. The lowest BCUT2D eigenvalue weighted by molar-refractivity contribution is 0.0961. The molecule has 0 aliphatic rings. The van der Waals surface area contributed by atoms with Crippen LogP contribution in [0.3, 0.4) is 0 Å². The number of nitrogens with one attached hydrogen (secondary N) is 4. The third-order valence-corrected chi connectivity index (χ3v) is 3.70. The van der Waals surface area contributed by atoms with Gasteiger partial charge in [0.05, 0.1) is 0 Å². The van der Waals surface area contributed by atoms with E-state index in [0.29, 0.717) is 23.4 Å². The van der Waals surface area contributed by atoms with Crippen molar-refractivity contribution in [2.75, 3.05) is 12.4 Å². The van der Waals surface area contributed by atoms with Crippen molar-refractivity contribution in [1.29, 1.82) is 0 Å². The molecular weight excluding hydrogens is 344 g/mol. The van der Waals surface area contributed by atoms with Gasteiger partial charge in [0.1, 0.15) is 0 Å². The van der Waals surface area contributed by atoms with Crippen LogP contribution in [-0.2, 0) is 6.54 Å². The summed E-state index contributed by atoms with van der Waals surface area (Å²) in [7, 11) is 1.55. The summed E-state index contributed by atoms with van der Waals surface area (Å²) in [6.07, 6.45) is 0. The normalized spacial score (nSPS) is 10.2. The zero-order valence-corrected chi connectivity index (χ0v) is 15.6. The van der Waals surface area contributed by atoms with Crippen molar-refractivity contribution in [2.24, 2.45) is 0 Å². The van der Waals surface area contributed by atoms with E-state index in [1.807, 2.05) is 13.8 Å². The van der Waals surface area contributed by atoms with Gasteiger partial charge in [-0.3, -0.25) is 9.59 Å². The fourth-order valence-corrected chi connectivity index (χ4v) is 2.36. The lowest BCUT2D eigenvalue weighted by Crippen LogP contribution is -2.39. The molecule has 2 rings (SSSR count). The van der Waals surface area contributed by atoms with E-state index < -0.39 is 0 Å². The molecule has 142 valence electrons. The predicted octanol–water partition coefficient (Wildman–Crippen LogP) is 2.51. The molecule has 0 aliphatic carbocycles. The first kappa shape index (κ1) is 20.0. The van der Waals surface area contributed by atoms with Crippen LogP contribution in [0.25, 0.3) is 0 Å². The maximum absolute atomic E-state index is 12.4. The Morgan fingerprint density at radius 3 is 2.26 bits per heavy atom. The predicted molar refractivity (Wildman–Crippen MR) is 105 cm³/mol. The number of anilines is 1. The summed E-state index contributed by atoms with van der Waals surface area (Å²) >= 11 is 0. The van der Waals surface area contributed by atoms with Crippen molar-refractivity contribution in [3.63, 3.8) is 0 Å². The summed E-state index contributed by atoms with van der Waals surface area (Å²) in [6.45, 7) is 4.14. The van der Waals surface area contributed by atoms with Gasteiger partial charge in [-0.05, 0) is 49.7 Å². The fraction of sp³-hybridized carbons (Fsp3) is 0.250. The number of hydrogen-bond donors (Lipinski definition) is 4. The second-order valence-electron chi connectivity index (χ2n) is 6.29. The van der Waals surface area contributed by atoms with Gasteiger partial charge in [0, 0.05) is 36.4 Å². The van der Waals surface area contributed by atoms with E-state index in [4.69, 9.17) is 0 Å². The molecule has 0 saturated heterocycles. The van der Waals surface area contributed by atoms with E-state index in [9.17, 15) is 14.4 Å². The molecule has 2 aromatic rings. The molecule has 0 aliphatic heterocycles. The zero-order valence-electron chi connectivity index (χ0n) is 15.6. The quantitative estimate of drug-likeness (QED) is 0.630. The van der Waals surface area contributed by atoms with E-state index in [-0.39, 0.29) is 23.9 Å². The molecule has 0 aromatic heterocycles. The van der Waals surface area contributed by atoms with Crippen LogP contribution < -0.4 is 21.3 Å². The highest BCUT2D eigenvalue weighted by molar-refractivity contribution is 6.05. The van der Waals surface area contributed by atoms with Gasteiger partial charge in [0.25, 0.3) is 11.8 Å². The van der Waals surface area contributed by atoms with Gasteiger partial charge in [0.2, 0.25) is 0 Å². The van der Waals surface area contributed by atoms with Crippen LogP contribution in [0.5, 0.6) is 0 Å². The SMILES string of the molecule is CNC(=O)c1cccc(NC(=O)c2ccc(CNC(=O)NC(C)C)cc2)c1. The molecule has 0 fully saturated rings. The fourth-order valence-electron chi connectivity index (χ4n) is 2.36. The first-order chi connectivity index (χ1) is 12.9. The minimum absolute atomic E-state index is 0.0676. The second kappa shape index (κ2) is 9.38. The number of benzene rings is 2. The Bertz CT molecular complexity index is 816. The van der Waals surface area contributed by atoms with Gasteiger partial charge in [-0.2, -0.15) is 0 Å². The average molecular weight is 368 g/mol. The summed E-state index contributed by atoms with van der Waals surface area (Å²) in [4.78, 5) is 35.6. The number of urea groups is 1. The number of hydrogen-bond acceptors (Lipinski definition) is 3.